The van der Waals surface area contributed by atoms with E-state index in [0.29, 0.717) is 6.54 Å². The number of rotatable bonds is 8. The number of nitrogens with two attached hydrogens (primary N) is 1. The molecule has 0 aliphatic heterocycles. The summed E-state index contributed by atoms with van der Waals surface area (Å²) in [5.41, 5.74) is 8.82. The molecule has 0 saturated carbocycles. The van der Waals surface area contributed by atoms with Crippen LogP contribution >= 0.6 is 0 Å². The lowest BCUT2D eigenvalue weighted by Gasteiger charge is -2.20. The molecular weight excluding hydrogens is 389 g/mol. The molecule has 3 rings (SSSR count). The van der Waals surface area contributed by atoms with E-state index in [1.165, 1.54) is 12.1 Å². The van der Waals surface area contributed by atoms with Gasteiger partial charge < -0.3 is 15.2 Å². The Morgan fingerprint density at radius 2 is 1.43 bits per heavy atom. The van der Waals surface area contributed by atoms with E-state index in [1.54, 1.807) is 0 Å². The van der Waals surface area contributed by atoms with E-state index in [9.17, 15) is 13.2 Å². The SMILES string of the molecule is CCN(CC)CCn1c(-c2ccc(-c3ccc(C(F)(F)F)cc3)cc2)cnc1CN. The molecule has 0 spiro atoms. The Morgan fingerprint density at radius 3 is 1.93 bits per heavy atom. The molecule has 160 valence electrons. The first kappa shape index (κ1) is 22.1. The maximum absolute atomic E-state index is 12.8. The average molecular weight is 416 g/mol. The van der Waals surface area contributed by atoms with Crippen molar-refractivity contribution in [2.75, 3.05) is 19.6 Å². The quantitative estimate of drug-likeness (QED) is 0.560. The van der Waals surface area contributed by atoms with Crippen LogP contribution in [0.1, 0.15) is 25.2 Å². The smallest absolute Gasteiger partial charge is 0.326 e. The molecule has 7 heteroatoms. The fourth-order valence-corrected chi connectivity index (χ4v) is 3.52. The van der Waals surface area contributed by atoms with E-state index < -0.39 is 11.7 Å². The average Bonchev–Trinajstić information content (AvgIpc) is 3.17. The predicted octanol–water partition coefficient (Wildman–Crippen LogP) is 5.04. The van der Waals surface area contributed by atoms with Crippen LogP contribution in [0.25, 0.3) is 22.4 Å². The second kappa shape index (κ2) is 9.45. The highest BCUT2D eigenvalue weighted by molar-refractivity contribution is 5.69. The van der Waals surface area contributed by atoms with Gasteiger partial charge in [-0.3, -0.25) is 0 Å². The first-order chi connectivity index (χ1) is 14.4. The Bertz CT molecular complexity index is 940. The van der Waals surface area contributed by atoms with Crippen molar-refractivity contribution in [1.82, 2.24) is 14.5 Å². The fourth-order valence-electron chi connectivity index (χ4n) is 3.52. The van der Waals surface area contributed by atoms with Crippen molar-refractivity contribution in [3.8, 4) is 22.4 Å². The van der Waals surface area contributed by atoms with Crippen LogP contribution in [0.5, 0.6) is 0 Å². The van der Waals surface area contributed by atoms with Gasteiger partial charge in [0.15, 0.2) is 0 Å². The Hall–Kier alpha value is -2.64. The fraction of sp³-hybridized carbons (Fsp3) is 0.348. The lowest BCUT2D eigenvalue weighted by molar-refractivity contribution is -0.137. The third kappa shape index (κ3) is 4.91. The molecular formula is C23H27F3N4. The van der Waals surface area contributed by atoms with Crippen molar-refractivity contribution >= 4 is 0 Å². The molecule has 0 atom stereocenters. The lowest BCUT2D eigenvalue weighted by Crippen LogP contribution is -2.28. The highest BCUT2D eigenvalue weighted by Gasteiger charge is 2.29. The number of hydrogen-bond acceptors (Lipinski definition) is 3. The first-order valence-electron chi connectivity index (χ1n) is 10.1. The third-order valence-electron chi connectivity index (χ3n) is 5.38. The van der Waals surface area contributed by atoms with Crippen LogP contribution in [0.2, 0.25) is 0 Å². The summed E-state index contributed by atoms with van der Waals surface area (Å²) >= 11 is 0. The van der Waals surface area contributed by atoms with Crippen LogP contribution in [0, 0.1) is 0 Å². The number of benzene rings is 2. The molecule has 2 aromatic carbocycles. The van der Waals surface area contributed by atoms with Gasteiger partial charge in [-0.25, -0.2) is 4.98 Å². The largest absolute Gasteiger partial charge is 0.416 e. The zero-order valence-corrected chi connectivity index (χ0v) is 17.3. The first-order valence-corrected chi connectivity index (χ1v) is 10.1. The molecule has 0 saturated heterocycles. The highest BCUT2D eigenvalue weighted by Crippen LogP contribution is 2.31. The van der Waals surface area contributed by atoms with Gasteiger partial charge in [-0.2, -0.15) is 13.2 Å². The maximum Gasteiger partial charge on any atom is 0.416 e. The zero-order valence-electron chi connectivity index (χ0n) is 17.3. The Morgan fingerprint density at radius 1 is 0.900 bits per heavy atom. The Labute approximate surface area is 175 Å². The summed E-state index contributed by atoms with van der Waals surface area (Å²) in [5.74, 6) is 0.837. The van der Waals surface area contributed by atoms with Gasteiger partial charge in [-0.15, -0.1) is 0 Å². The standard InChI is InChI=1S/C23H27F3N4/c1-3-29(4-2)13-14-30-21(16-28-22(30)15-27)19-7-5-17(6-8-19)18-9-11-20(12-10-18)23(24,25)26/h5-12,16H,3-4,13-15,27H2,1-2H3. The van der Waals surface area contributed by atoms with Crippen LogP contribution in [0.15, 0.2) is 54.7 Å². The monoisotopic (exact) mass is 416 g/mol. The summed E-state index contributed by atoms with van der Waals surface area (Å²) in [4.78, 5) is 6.81. The van der Waals surface area contributed by atoms with Crippen molar-refractivity contribution in [1.29, 1.82) is 0 Å². The van der Waals surface area contributed by atoms with Gasteiger partial charge >= 0.3 is 6.18 Å². The predicted molar refractivity (Wildman–Crippen MR) is 114 cm³/mol. The number of halogens is 3. The maximum atomic E-state index is 12.8. The summed E-state index contributed by atoms with van der Waals surface area (Å²) in [7, 11) is 0. The highest BCUT2D eigenvalue weighted by atomic mass is 19.4. The summed E-state index contributed by atoms with van der Waals surface area (Å²) < 4.78 is 40.5. The van der Waals surface area contributed by atoms with Gasteiger partial charge in [-0.05, 0) is 41.9 Å². The molecule has 0 aliphatic carbocycles. The van der Waals surface area contributed by atoms with Gasteiger partial charge in [-0.1, -0.05) is 50.2 Å². The van der Waals surface area contributed by atoms with Crippen molar-refractivity contribution in [3.05, 3.63) is 66.1 Å². The van der Waals surface area contributed by atoms with Crippen molar-refractivity contribution in [2.45, 2.75) is 33.1 Å². The van der Waals surface area contributed by atoms with Crippen LogP contribution in [-0.2, 0) is 19.3 Å². The molecule has 0 unspecified atom stereocenters. The molecule has 2 N–H and O–H groups in total. The number of hydrogen-bond donors (Lipinski definition) is 1. The Balaban J connectivity index is 1.83. The van der Waals surface area contributed by atoms with Crippen LogP contribution < -0.4 is 5.73 Å². The summed E-state index contributed by atoms with van der Waals surface area (Å²) in [6.45, 7) is 8.32. The Kier molecular flexibility index (Phi) is 6.95. The van der Waals surface area contributed by atoms with Crippen molar-refractivity contribution in [2.24, 2.45) is 5.73 Å². The minimum atomic E-state index is -4.33. The molecule has 30 heavy (non-hydrogen) atoms. The van der Waals surface area contributed by atoms with E-state index in [-0.39, 0.29) is 0 Å². The number of aromatic nitrogens is 2. The number of nitrogens with zero attached hydrogens (tertiary/aromatic N) is 3. The van der Waals surface area contributed by atoms with Crippen LogP contribution in [0.4, 0.5) is 13.2 Å². The van der Waals surface area contributed by atoms with Gasteiger partial charge in [0, 0.05) is 13.1 Å². The normalized spacial score (nSPS) is 12.0. The van der Waals surface area contributed by atoms with Crippen molar-refractivity contribution < 1.29 is 13.2 Å². The van der Waals surface area contributed by atoms with E-state index >= 15 is 0 Å². The number of alkyl halides is 3. The number of likely N-dealkylation sites (N-methyl/N-ethyl adjacent to an activating group) is 1. The van der Waals surface area contributed by atoms with Crippen molar-refractivity contribution in [3.63, 3.8) is 0 Å². The van der Waals surface area contributed by atoms with E-state index in [0.717, 1.165) is 66.5 Å². The van der Waals surface area contributed by atoms with Gasteiger partial charge in [0.1, 0.15) is 5.82 Å². The number of imidazole rings is 1. The van der Waals surface area contributed by atoms with Crippen LogP contribution in [-0.4, -0.2) is 34.1 Å². The summed E-state index contributed by atoms with van der Waals surface area (Å²) in [6, 6.07) is 13.0. The van der Waals surface area contributed by atoms with Gasteiger partial charge in [0.2, 0.25) is 0 Å². The van der Waals surface area contributed by atoms with E-state index in [2.05, 4.69) is 28.3 Å². The molecule has 1 heterocycles. The topological polar surface area (TPSA) is 47.1 Å². The molecule has 0 radical (unpaired) electrons. The van der Waals surface area contributed by atoms with Gasteiger partial charge in [0.25, 0.3) is 0 Å². The van der Waals surface area contributed by atoms with E-state index in [4.69, 9.17) is 5.73 Å². The molecule has 3 aromatic rings. The molecule has 0 amide bonds. The van der Waals surface area contributed by atoms with Crippen LogP contribution in [0.3, 0.4) is 0 Å². The van der Waals surface area contributed by atoms with E-state index in [1.807, 2.05) is 30.5 Å². The molecule has 1 aromatic heterocycles. The molecule has 4 nitrogen and oxygen atoms in total. The molecule has 0 bridgehead atoms. The second-order valence-corrected chi connectivity index (χ2v) is 7.09. The summed E-state index contributed by atoms with van der Waals surface area (Å²) in [6.07, 6.45) is -2.50. The summed E-state index contributed by atoms with van der Waals surface area (Å²) in [5, 5.41) is 0. The minimum absolute atomic E-state index is 0.363. The van der Waals surface area contributed by atoms with Gasteiger partial charge in [0.05, 0.1) is 24.0 Å². The molecule has 0 aliphatic rings. The minimum Gasteiger partial charge on any atom is -0.326 e. The second-order valence-electron chi connectivity index (χ2n) is 7.09. The third-order valence-corrected chi connectivity index (χ3v) is 5.38. The molecule has 0 fully saturated rings. The lowest BCUT2D eigenvalue weighted by atomic mass is 10.0. The zero-order chi connectivity index (χ0) is 21.7.